The molecule has 1 aliphatic rings. The maximum absolute atomic E-state index is 13.9. The first-order valence-corrected chi connectivity index (χ1v) is 9.15. The van der Waals surface area contributed by atoms with Crippen LogP contribution in [0.5, 0.6) is 0 Å². The Morgan fingerprint density at radius 2 is 1.77 bits per heavy atom. The van der Waals surface area contributed by atoms with Gasteiger partial charge in [0.05, 0.1) is 0 Å². The Kier molecular flexibility index (Phi) is 4.00. The Morgan fingerprint density at radius 3 is 2.54 bits per heavy atom. The molecule has 1 saturated heterocycles. The number of hydrogen-bond acceptors (Lipinski definition) is 7. The number of piperazine rings is 1. The molecule has 1 aromatic carbocycles. The summed E-state index contributed by atoms with van der Waals surface area (Å²) in [4.78, 5) is 1.22. The number of anilines is 1. The number of rotatable bonds is 3. The summed E-state index contributed by atoms with van der Waals surface area (Å²) in [5.74, 6) is -1.18. The van der Waals surface area contributed by atoms with E-state index in [1.807, 2.05) is 4.90 Å². The van der Waals surface area contributed by atoms with Gasteiger partial charge in [0.15, 0.2) is 11.5 Å². The largest absolute Gasteiger partial charge is 0.352 e. The van der Waals surface area contributed by atoms with Crippen LogP contribution < -0.4 is 4.90 Å². The summed E-state index contributed by atoms with van der Waals surface area (Å²) in [6.07, 6.45) is 0. The van der Waals surface area contributed by atoms with Gasteiger partial charge >= 0.3 is 0 Å². The van der Waals surface area contributed by atoms with Crippen LogP contribution in [0.15, 0.2) is 35.2 Å². The van der Waals surface area contributed by atoms with Crippen molar-refractivity contribution in [2.45, 2.75) is 4.90 Å². The molecule has 3 heterocycles. The van der Waals surface area contributed by atoms with E-state index in [0.717, 1.165) is 16.4 Å². The number of sulfonamides is 1. The smallest absolute Gasteiger partial charge is 0.246 e. The summed E-state index contributed by atoms with van der Waals surface area (Å²) in [7, 11) is -4.11. The van der Waals surface area contributed by atoms with Crippen LogP contribution in [-0.2, 0) is 10.0 Å². The lowest BCUT2D eigenvalue weighted by atomic mass is 10.3. The minimum Gasteiger partial charge on any atom is -0.352 e. The van der Waals surface area contributed by atoms with Gasteiger partial charge in [0.2, 0.25) is 10.0 Å². The van der Waals surface area contributed by atoms with E-state index in [-0.39, 0.29) is 13.1 Å². The van der Waals surface area contributed by atoms with Gasteiger partial charge in [-0.1, -0.05) is 0 Å². The zero-order valence-corrected chi connectivity index (χ0v) is 14.1. The zero-order chi connectivity index (χ0) is 18.3. The molecule has 1 aliphatic heterocycles. The number of tetrazole rings is 1. The number of benzene rings is 1. The normalized spacial score (nSPS) is 16.3. The third-order valence-corrected chi connectivity index (χ3v) is 6.04. The number of aromatic nitrogens is 5. The number of nitrogens with zero attached hydrogens (tertiary/aromatic N) is 7. The second-order valence-electron chi connectivity index (χ2n) is 5.68. The summed E-state index contributed by atoms with van der Waals surface area (Å²) in [5.41, 5.74) is 0.497. The highest BCUT2D eigenvalue weighted by atomic mass is 32.2. The monoisotopic (exact) mass is 381 g/mol. The minimum absolute atomic E-state index is 0.119. The highest BCUT2D eigenvalue weighted by Crippen LogP contribution is 2.23. The molecule has 0 atom stereocenters. The molecule has 0 bridgehead atoms. The molecule has 0 saturated carbocycles. The van der Waals surface area contributed by atoms with Crippen LogP contribution in [0.1, 0.15) is 0 Å². The molecule has 0 spiro atoms. The second-order valence-corrected chi connectivity index (χ2v) is 7.59. The first-order valence-electron chi connectivity index (χ1n) is 7.71. The predicted octanol–water partition coefficient (Wildman–Crippen LogP) is 0.308. The van der Waals surface area contributed by atoms with Gasteiger partial charge in [0, 0.05) is 26.2 Å². The molecule has 136 valence electrons. The van der Waals surface area contributed by atoms with Crippen LogP contribution in [0, 0.1) is 11.6 Å². The summed E-state index contributed by atoms with van der Waals surface area (Å²) in [5, 5.41) is 15.3. The molecule has 0 amide bonds. The van der Waals surface area contributed by atoms with Crippen molar-refractivity contribution in [2.75, 3.05) is 31.1 Å². The first-order chi connectivity index (χ1) is 12.4. The van der Waals surface area contributed by atoms with E-state index in [4.69, 9.17) is 0 Å². The zero-order valence-electron chi connectivity index (χ0n) is 13.3. The van der Waals surface area contributed by atoms with Crippen molar-refractivity contribution in [3.63, 3.8) is 0 Å². The fourth-order valence-corrected chi connectivity index (χ4v) is 4.28. The fourth-order valence-electron chi connectivity index (χ4n) is 2.78. The molecule has 0 aliphatic carbocycles. The van der Waals surface area contributed by atoms with E-state index >= 15 is 0 Å². The third kappa shape index (κ3) is 2.86. The van der Waals surface area contributed by atoms with Crippen LogP contribution in [-0.4, -0.2) is 64.2 Å². The van der Waals surface area contributed by atoms with Crippen molar-refractivity contribution in [3.05, 3.63) is 42.0 Å². The van der Waals surface area contributed by atoms with E-state index in [1.54, 1.807) is 12.1 Å². The average Bonchev–Trinajstić information content (AvgIpc) is 3.11. The molecule has 0 unspecified atom stereocenters. The molecule has 1 fully saturated rings. The van der Waals surface area contributed by atoms with Crippen molar-refractivity contribution in [1.29, 1.82) is 0 Å². The van der Waals surface area contributed by atoms with Crippen molar-refractivity contribution in [2.24, 2.45) is 0 Å². The van der Waals surface area contributed by atoms with Crippen LogP contribution in [0.4, 0.5) is 14.6 Å². The van der Waals surface area contributed by atoms with Gasteiger partial charge in [-0.05, 0) is 40.8 Å². The lowest BCUT2D eigenvalue weighted by Gasteiger charge is -2.34. The molecular formula is C14H13F2N7O2S. The highest BCUT2D eigenvalue weighted by molar-refractivity contribution is 7.89. The van der Waals surface area contributed by atoms with Gasteiger partial charge in [0.1, 0.15) is 16.5 Å². The molecule has 0 radical (unpaired) electrons. The van der Waals surface area contributed by atoms with Crippen LogP contribution >= 0.6 is 0 Å². The summed E-state index contributed by atoms with van der Waals surface area (Å²) >= 11 is 0. The molecular weight excluding hydrogens is 368 g/mol. The SMILES string of the molecule is O=S(=O)(c1cc(F)ccc1F)N1CCN(c2ccc3nnnn3n2)CC1. The molecule has 12 heteroatoms. The Labute approximate surface area is 146 Å². The standard InChI is InChI=1S/C14H13F2N7O2S/c15-10-1-2-11(16)12(9-10)26(24,25)22-7-5-21(6-8-22)14-4-3-13-17-19-20-23(13)18-14/h1-4,9H,5-8H2. The topological polar surface area (TPSA) is 96.6 Å². The maximum atomic E-state index is 13.9. The Hall–Kier alpha value is -2.73. The van der Waals surface area contributed by atoms with Gasteiger partial charge in [-0.3, -0.25) is 0 Å². The minimum atomic E-state index is -4.11. The second kappa shape index (κ2) is 6.21. The van der Waals surface area contributed by atoms with Crippen LogP contribution in [0.25, 0.3) is 5.65 Å². The highest BCUT2D eigenvalue weighted by Gasteiger charge is 2.31. The number of fused-ring (bicyclic) bond motifs is 1. The van der Waals surface area contributed by atoms with Crippen LogP contribution in [0.2, 0.25) is 0 Å². The summed E-state index contributed by atoms with van der Waals surface area (Å²) in [6, 6.07) is 5.83. The molecule has 2 aromatic heterocycles. The van der Waals surface area contributed by atoms with Gasteiger partial charge in [-0.15, -0.1) is 14.8 Å². The molecule has 9 nitrogen and oxygen atoms in total. The lowest BCUT2D eigenvalue weighted by molar-refractivity contribution is 0.380. The summed E-state index contributed by atoms with van der Waals surface area (Å²) < 4.78 is 54.8. The maximum Gasteiger partial charge on any atom is 0.246 e. The molecule has 0 N–H and O–H groups in total. The fraction of sp³-hybridized carbons (Fsp3) is 0.286. The van der Waals surface area contributed by atoms with E-state index < -0.39 is 26.6 Å². The van der Waals surface area contributed by atoms with Gasteiger partial charge in [-0.25, -0.2) is 17.2 Å². The average molecular weight is 381 g/mol. The lowest BCUT2D eigenvalue weighted by Crippen LogP contribution is -2.49. The first kappa shape index (κ1) is 16.7. The van der Waals surface area contributed by atoms with Gasteiger partial charge in [0.25, 0.3) is 0 Å². The van der Waals surface area contributed by atoms with Gasteiger partial charge in [-0.2, -0.15) is 4.31 Å². The van der Waals surface area contributed by atoms with Crippen molar-refractivity contribution in [1.82, 2.24) is 29.6 Å². The van der Waals surface area contributed by atoms with E-state index in [0.29, 0.717) is 30.6 Å². The van der Waals surface area contributed by atoms with Crippen LogP contribution in [0.3, 0.4) is 0 Å². The molecule has 4 rings (SSSR count). The van der Waals surface area contributed by atoms with Crippen molar-refractivity contribution < 1.29 is 17.2 Å². The van der Waals surface area contributed by atoms with E-state index in [2.05, 4.69) is 20.6 Å². The quantitative estimate of drug-likeness (QED) is 0.644. The predicted molar refractivity (Wildman–Crippen MR) is 85.9 cm³/mol. The summed E-state index contributed by atoms with van der Waals surface area (Å²) in [6.45, 7) is 0.925. The molecule has 3 aromatic rings. The number of halogens is 2. The van der Waals surface area contributed by atoms with Gasteiger partial charge < -0.3 is 4.90 Å². The van der Waals surface area contributed by atoms with Crippen molar-refractivity contribution in [3.8, 4) is 0 Å². The van der Waals surface area contributed by atoms with E-state index in [1.165, 1.54) is 4.63 Å². The third-order valence-electron chi connectivity index (χ3n) is 4.13. The number of hydrogen-bond donors (Lipinski definition) is 0. The molecule has 26 heavy (non-hydrogen) atoms. The Bertz CT molecular complexity index is 1060. The Balaban J connectivity index is 1.53. The van der Waals surface area contributed by atoms with Crippen molar-refractivity contribution >= 4 is 21.5 Å². The Morgan fingerprint density at radius 1 is 1.00 bits per heavy atom. The van der Waals surface area contributed by atoms with E-state index in [9.17, 15) is 17.2 Å².